The number of carbonyl (C=O) groups excluding carboxylic acids is 2. The summed E-state index contributed by atoms with van der Waals surface area (Å²) in [5.74, 6) is 0.211. The number of nitrogens with one attached hydrogen (secondary N) is 1. The summed E-state index contributed by atoms with van der Waals surface area (Å²) in [6, 6.07) is 10.6. The molecule has 2 aromatic rings. The highest BCUT2D eigenvalue weighted by atomic mass is 32.1. The summed E-state index contributed by atoms with van der Waals surface area (Å²) in [5.41, 5.74) is 1.27. The second kappa shape index (κ2) is 9.34. The van der Waals surface area contributed by atoms with Crippen LogP contribution in [0, 0.1) is 5.92 Å². The minimum Gasteiger partial charge on any atom is -0.383 e. The number of methoxy groups -OCH3 is 1. The summed E-state index contributed by atoms with van der Waals surface area (Å²) >= 11 is 1.39. The third kappa shape index (κ3) is 5.69. The van der Waals surface area contributed by atoms with Crippen molar-refractivity contribution in [2.45, 2.75) is 13.8 Å². The van der Waals surface area contributed by atoms with Gasteiger partial charge in [0.15, 0.2) is 0 Å². The summed E-state index contributed by atoms with van der Waals surface area (Å²) in [6.07, 6.45) is 0. The van der Waals surface area contributed by atoms with Gasteiger partial charge in [-0.2, -0.15) is 0 Å². The van der Waals surface area contributed by atoms with Gasteiger partial charge >= 0.3 is 0 Å². The van der Waals surface area contributed by atoms with Gasteiger partial charge in [-0.1, -0.05) is 19.9 Å². The van der Waals surface area contributed by atoms with Crippen molar-refractivity contribution in [2.75, 3.05) is 32.1 Å². The standard InChI is InChI=1S/C19H24N2O3S/c1-14(2)13-21(10-11-24-3)19(23)15-6-8-16(9-7-15)20-18(22)17-5-4-12-25-17/h4-9,12,14H,10-11,13H2,1-3H3,(H,20,22). The van der Waals surface area contributed by atoms with Crippen molar-refractivity contribution in [2.24, 2.45) is 5.92 Å². The maximum atomic E-state index is 12.7. The van der Waals surface area contributed by atoms with Crippen LogP contribution in [0.2, 0.25) is 0 Å². The molecule has 0 saturated carbocycles. The van der Waals surface area contributed by atoms with Gasteiger partial charge in [0.1, 0.15) is 0 Å². The van der Waals surface area contributed by atoms with Crippen LogP contribution in [-0.2, 0) is 4.74 Å². The van der Waals surface area contributed by atoms with Gasteiger partial charge in [-0.05, 0) is 41.6 Å². The van der Waals surface area contributed by atoms with E-state index in [9.17, 15) is 9.59 Å². The lowest BCUT2D eigenvalue weighted by Crippen LogP contribution is -2.36. The van der Waals surface area contributed by atoms with Crippen molar-refractivity contribution in [3.8, 4) is 0 Å². The summed E-state index contributed by atoms with van der Waals surface area (Å²) < 4.78 is 5.10. The van der Waals surface area contributed by atoms with E-state index >= 15 is 0 Å². The Hall–Kier alpha value is -2.18. The van der Waals surface area contributed by atoms with Crippen molar-refractivity contribution in [3.05, 3.63) is 52.2 Å². The summed E-state index contributed by atoms with van der Waals surface area (Å²) in [5, 5.41) is 4.69. The Morgan fingerprint density at radius 1 is 1.20 bits per heavy atom. The van der Waals surface area contributed by atoms with Crippen molar-refractivity contribution in [3.63, 3.8) is 0 Å². The molecular weight excluding hydrogens is 336 g/mol. The molecule has 2 rings (SSSR count). The average Bonchev–Trinajstić information content (AvgIpc) is 3.13. The Bertz CT molecular complexity index is 681. The minimum absolute atomic E-state index is 0.0260. The van der Waals surface area contributed by atoms with Gasteiger partial charge in [0.25, 0.3) is 11.8 Å². The van der Waals surface area contributed by atoms with E-state index in [1.54, 1.807) is 42.3 Å². The molecule has 1 aromatic heterocycles. The number of benzene rings is 1. The van der Waals surface area contributed by atoms with Gasteiger partial charge in [-0.3, -0.25) is 9.59 Å². The zero-order valence-electron chi connectivity index (χ0n) is 14.8. The van der Waals surface area contributed by atoms with Crippen LogP contribution in [0.5, 0.6) is 0 Å². The SMILES string of the molecule is COCCN(CC(C)C)C(=O)c1ccc(NC(=O)c2cccs2)cc1. The van der Waals surface area contributed by atoms with E-state index in [0.29, 0.717) is 41.7 Å². The van der Waals surface area contributed by atoms with E-state index in [1.807, 2.05) is 11.4 Å². The third-order valence-electron chi connectivity index (χ3n) is 3.57. The fraction of sp³-hybridized carbons (Fsp3) is 0.368. The first kappa shape index (κ1) is 19.1. The molecular formula is C19H24N2O3S. The highest BCUT2D eigenvalue weighted by Gasteiger charge is 2.17. The van der Waals surface area contributed by atoms with Crippen LogP contribution in [0.25, 0.3) is 0 Å². The molecule has 25 heavy (non-hydrogen) atoms. The van der Waals surface area contributed by atoms with Crippen LogP contribution in [0.1, 0.15) is 33.9 Å². The van der Waals surface area contributed by atoms with Gasteiger partial charge in [0, 0.05) is 31.5 Å². The smallest absolute Gasteiger partial charge is 0.265 e. The van der Waals surface area contributed by atoms with E-state index in [0.717, 1.165) is 0 Å². The molecule has 0 unspecified atom stereocenters. The largest absolute Gasteiger partial charge is 0.383 e. The van der Waals surface area contributed by atoms with Crippen LogP contribution in [0.15, 0.2) is 41.8 Å². The Morgan fingerprint density at radius 2 is 1.92 bits per heavy atom. The van der Waals surface area contributed by atoms with Crippen molar-refractivity contribution in [1.82, 2.24) is 4.90 Å². The van der Waals surface area contributed by atoms with Gasteiger partial charge in [-0.15, -0.1) is 11.3 Å². The van der Waals surface area contributed by atoms with Gasteiger partial charge in [-0.25, -0.2) is 0 Å². The second-order valence-corrected chi connectivity index (χ2v) is 7.09. The highest BCUT2D eigenvalue weighted by Crippen LogP contribution is 2.15. The molecule has 6 heteroatoms. The van der Waals surface area contributed by atoms with Gasteiger partial charge in [0.05, 0.1) is 11.5 Å². The zero-order chi connectivity index (χ0) is 18.2. The summed E-state index contributed by atoms with van der Waals surface area (Å²) in [7, 11) is 1.63. The van der Waals surface area contributed by atoms with Crippen molar-refractivity contribution >= 4 is 28.8 Å². The predicted octanol–water partition coefficient (Wildman–Crippen LogP) is 3.75. The molecule has 134 valence electrons. The molecule has 1 aromatic carbocycles. The van der Waals surface area contributed by atoms with Gasteiger partial charge < -0.3 is 15.0 Å². The maximum absolute atomic E-state index is 12.7. The number of amides is 2. The van der Waals surface area contributed by atoms with Crippen molar-refractivity contribution < 1.29 is 14.3 Å². The van der Waals surface area contributed by atoms with E-state index in [4.69, 9.17) is 4.74 Å². The quantitative estimate of drug-likeness (QED) is 0.780. The van der Waals surface area contributed by atoms with E-state index in [1.165, 1.54) is 11.3 Å². The van der Waals surface area contributed by atoms with E-state index in [-0.39, 0.29) is 11.8 Å². The third-order valence-corrected chi connectivity index (χ3v) is 4.44. The van der Waals surface area contributed by atoms with Crippen molar-refractivity contribution in [1.29, 1.82) is 0 Å². The Balaban J connectivity index is 2.03. The number of anilines is 1. The van der Waals surface area contributed by atoms with Crippen LogP contribution in [0.3, 0.4) is 0 Å². The Morgan fingerprint density at radius 3 is 2.48 bits per heavy atom. The molecule has 0 aliphatic carbocycles. The molecule has 0 aliphatic rings. The number of nitrogens with zero attached hydrogens (tertiary/aromatic N) is 1. The number of hydrogen-bond donors (Lipinski definition) is 1. The van der Waals surface area contributed by atoms with E-state index in [2.05, 4.69) is 19.2 Å². The van der Waals surface area contributed by atoms with Crippen LogP contribution < -0.4 is 5.32 Å². The maximum Gasteiger partial charge on any atom is 0.265 e. The van der Waals surface area contributed by atoms with Gasteiger partial charge in [0.2, 0.25) is 0 Å². The molecule has 0 fully saturated rings. The monoisotopic (exact) mass is 360 g/mol. The highest BCUT2D eigenvalue weighted by molar-refractivity contribution is 7.12. The van der Waals surface area contributed by atoms with E-state index < -0.39 is 0 Å². The number of rotatable bonds is 8. The molecule has 1 N–H and O–H groups in total. The lowest BCUT2D eigenvalue weighted by Gasteiger charge is -2.24. The normalized spacial score (nSPS) is 10.7. The Kier molecular flexibility index (Phi) is 7.16. The molecule has 0 spiro atoms. The number of ether oxygens (including phenoxy) is 1. The molecule has 0 bridgehead atoms. The lowest BCUT2D eigenvalue weighted by molar-refractivity contribution is 0.0672. The first-order valence-electron chi connectivity index (χ1n) is 8.24. The van der Waals surface area contributed by atoms with Crippen LogP contribution in [0.4, 0.5) is 5.69 Å². The molecule has 0 radical (unpaired) electrons. The number of carbonyl (C=O) groups is 2. The molecule has 0 saturated heterocycles. The topological polar surface area (TPSA) is 58.6 Å². The number of thiophene rings is 1. The summed E-state index contributed by atoms with van der Waals surface area (Å²) in [6.45, 7) is 5.91. The zero-order valence-corrected chi connectivity index (χ0v) is 15.6. The fourth-order valence-electron chi connectivity index (χ4n) is 2.40. The molecule has 5 nitrogen and oxygen atoms in total. The average molecular weight is 360 g/mol. The van der Waals surface area contributed by atoms with Crippen LogP contribution in [-0.4, -0.2) is 43.5 Å². The fourth-order valence-corrected chi connectivity index (χ4v) is 3.02. The predicted molar refractivity (Wildman–Crippen MR) is 101 cm³/mol. The summed E-state index contributed by atoms with van der Waals surface area (Å²) in [4.78, 5) is 27.2. The molecule has 1 heterocycles. The minimum atomic E-state index is -0.143. The van der Waals surface area contributed by atoms with Crippen LogP contribution >= 0.6 is 11.3 Å². The first-order chi connectivity index (χ1) is 12.0. The molecule has 2 amide bonds. The molecule has 0 atom stereocenters. The molecule has 0 aliphatic heterocycles. The second-order valence-electron chi connectivity index (χ2n) is 6.15. The first-order valence-corrected chi connectivity index (χ1v) is 9.12. The Labute approximate surface area is 152 Å². The number of hydrogen-bond acceptors (Lipinski definition) is 4. The lowest BCUT2D eigenvalue weighted by atomic mass is 10.1.